The molecule has 3 heterocycles. The number of aromatic nitrogens is 4. The monoisotopic (exact) mass is 1230 g/mol. The molecule has 28 heteroatoms. The predicted molar refractivity (Wildman–Crippen MR) is 286 cm³/mol. The van der Waals surface area contributed by atoms with Crippen LogP contribution in [0, 0.1) is 29.6 Å². The van der Waals surface area contributed by atoms with Crippen molar-refractivity contribution in [2.45, 2.75) is 57.4 Å². The van der Waals surface area contributed by atoms with E-state index in [-0.39, 0.29) is 77.5 Å². The number of aromatic amines is 1. The van der Waals surface area contributed by atoms with E-state index < -0.39 is 34.0 Å². The maximum Gasteiger partial charge on any atom is 0.407 e. The number of rotatable bonds is 38. The minimum absolute atomic E-state index is 0.00156. The lowest BCUT2D eigenvalue weighted by Crippen LogP contribution is -2.61. The van der Waals surface area contributed by atoms with Crippen molar-refractivity contribution < 1.29 is 80.0 Å². The molecule has 1 aliphatic heterocycles. The number of aliphatic hydroxyl groups is 1. The van der Waals surface area contributed by atoms with Crippen molar-refractivity contribution in [2.75, 3.05) is 148 Å². The smallest absolute Gasteiger partial charge is 0.407 e. The van der Waals surface area contributed by atoms with Crippen LogP contribution in [-0.4, -0.2) is 209 Å². The predicted octanol–water partition coefficient (Wildman–Crippen LogP) is 3.25. The number of aliphatic carboxylic acids is 1. The van der Waals surface area contributed by atoms with Gasteiger partial charge in [-0.3, -0.25) is 4.79 Å². The zero-order valence-corrected chi connectivity index (χ0v) is 47.0. The molecule has 1 unspecified atom stereocenters. The molecule has 428 valence electrons. The summed E-state index contributed by atoms with van der Waals surface area (Å²) in [6.45, 7) is 7.12. The van der Waals surface area contributed by atoms with Crippen LogP contribution in [0.2, 0.25) is 0 Å². The summed E-state index contributed by atoms with van der Waals surface area (Å²) in [5.74, 6) is 8.10. The maximum absolute atomic E-state index is 12.2. The summed E-state index contributed by atoms with van der Waals surface area (Å²) in [5, 5.41) is 25.1. The Labute approximate surface area is 465 Å². The molecule has 6 rings (SSSR count). The third kappa shape index (κ3) is 21.1. The number of piperazine rings is 1. The second kappa shape index (κ2) is 32.4. The third-order valence-corrected chi connectivity index (χ3v) is 15.4. The molecule has 1 saturated heterocycles. The van der Waals surface area contributed by atoms with E-state index in [0.717, 1.165) is 25.7 Å². The van der Waals surface area contributed by atoms with Crippen molar-refractivity contribution in [3.8, 4) is 29.4 Å². The fraction of sp³-hybridized carbons (Fsp3) is 0.673. The SMILES string of the molecule is O=C[C@H](CCC(=O)O)NOc1c[nH]c2cc(Br)c(OCCOCCOCCOc3nc(NCCOCCOCCNC(=O)OCC4[C@H]5CCC#CCC[C@@H]45)nc(N4CC[N+](CCCO)(CCCS(=O)(=O)[O-])CC4)n3)c(Br)c12. The Kier molecular flexibility index (Phi) is 25.9. The number of anilines is 2. The molecule has 3 aliphatic rings. The molecule has 3 aromatic rings. The Hall–Kier alpha value is -4.67. The molecule has 4 atom stereocenters. The Morgan fingerprint density at radius 3 is 2.22 bits per heavy atom. The molecule has 77 heavy (non-hydrogen) atoms. The van der Waals surface area contributed by atoms with E-state index in [9.17, 15) is 32.5 Å². The number of fused-ring (bicyclic) bond motifs is 2. The minimum atomic E-state index is -4.35. The van der Waals surface area contributed by atoms with Gasteiger partial charge in [0.15, 0.2) is 5.75 Å². The maximum atomic E-state index is 12.2. The second-order valence-corrected chi connectivity index (χ2v) is 21.8. The van der Waals surface area contributed by atoms with Gasteiger partial charge in [0.25, 0.3) is 0 Å². The molecule has 1 amide bonds. The molecule has 6 N–H and O–H groups in total. The lowest BCUT2D eigenvalue weighted by Gasteiger charge is -2.45. The Bertz CT molecular complexity index is 2500. The number of benzene rings is 1. The number of hydrogen-bond donors (Lipinski definition) is 6. The Balaban J connectivity index is 0.900. The number of nitrogens with zero attached hydrogens (tertiary/aromatic N) is 5. The molecule has 1 aromatic carbocycles. The number of hydrogen-bond acceptors (Lipinski definition) is 21. The van der Waals surface area contributed by atoms with Crippen LogP contribution in [0.1, 0.15) is 51.4 Å². The average molecular weight is 1230 g/mol. The van der Waals surface area contributed by atoms with Gasteiger partial charge in [0.2, 0.25) is 11.9 Å². The summed E-state index contributed by atoms with van der Waals surface area (Å²) >= 11 is 7.13. The number of carboxylic acid groups (broad SMARTS) is 1. The van der Waals surface area contributed by atoms with Crippen molar-refractivity contribution >= 4 is 83.1 Å². The van der Waals surface area contributed by atoms with Crippen LogP contribution in [0.5, 0.6) is 17.5 Å². The first-order valence-corrected chi connectivity index (χ1v) is 29.1. The quantitative estimate of drug-likeness (QED) is 0.0120. The van der Waals surface area contributed by atoms with Crippen molar-refractivity contribution in [3.05, 3.63) is 21.2 Å². The van der Waals surface area contributed by atoms with Gasteiger partial charge in [-0.15, -0.1) is 17.3 Å². The molecular formula is C49H71Br2N9O16S. The molecule has 2 aliphatic carbocycles. The van der Waals surface area contributed by atoms with E-state index in [4.69, 9.17) is 43.1 Å². The highest BCUT2D eigenvalue weighted by atomic mass is 79.9. The molecule has 1 saturated carbocycles. The summed E-state index contributed by atoms with van der Waals surface area (Å²) in [5.41, 5.74) is 3.33. The lowest BCUT2D eigenvalue weighted by molar-refractivity contribution is -0.928. The number of H-pyrrole nitrogens is 1. The van der Waals surface area contributed by atoms with E-state index in [0.29, 0.717) is 158 Å². The molecule has 0 radical (unpaired) electrons. The lowest BCUT2D eigenvalue weighted by atomic mass is 10.1. The summed E-state index contributed by atoms with van der Waals surface area (Å²) in [6, 6.07) is 1.07. The van der Waals surface area contributed by atoms with Crippen molar-refractivity contribution in [3.63, 3.8) is 0 Å². The third-order valence-electron chi connectivity index (χ3n) is 13.3. The fourth-order valence-electron chi connectivity index (χ4n) is 9.22. The van der Waals surface area contributed by atoms with E-state index in [1.807, 2.05) is 11.0 Å². The van der Waals surface area contributed by atoms with Gasteiger partial charge in [-0.1, -0.05) is 0 Å². The highest BCUT2D eigenvalue weighted by molar-refractivity contribution is 9.11. The first kappa shape index (κ1) is 61.5. The van der Waals surface area contributed by atoms with Crippen LogP contribution in [-0.2, 0) is 43.4 Å². The zero-order chi connectivity index (χ0) is 54.9. The zero-order valence-electron chi connectivity index (χ0n) is 43.1. The molecule has 2 fully saturated rings. The van der Waals surface area contributed by atoms with Crippen molar-refractivity contribution in [1.82, 2.24) is 30.7 Å². The summed E-state index contributed by atoms with van der Waals surface area (Å²) in [6.07, 6.45) is 6.38. The standard InChI is InChI=1S/C49H71Br2N9O16S/c50-39-31-40-43(41(32-54-40)76-58-35(33-62)9-10-42(63)64)44(51)45(39)73-28-26-71-24-25-72-27-29-74-48-56-46(55-47(57-48)59-13-17-60(18-14-59,15-5-19-61)16-6-30-77(66,67)68)52-11-20-69-22-23-70-21-12-53-49(65)75-34-38-36-7-3-1-2-4-8-37(36)38/h31-33,35-38,54,58,61H,3-30,34H2,(H3-,52,53,55,56,57,63,64,65,66,67,68)/t35-,36-,37+,38?/m0/s1. The Morgan fingerprint density at radius 1 is 0.909 bits per heavy atom. The van der Waals surface area contributed by atoms with Gasteiger partial charge in [0.1, 0.15) is 25.2 Å². The minimum Gasteiger partial charge on any atom is -0.748 e. The summed E-state index contributed by atoms with van der Waals surface area (Å²) < 4.78 is 76.1. The van der Waals surface area contributed by atoms with E-state index in [1.165, 1.54) is 0 Å². The first-order chi connectivity index (χ1) is 37.3. The second-order valence-electron chi connectivity index (χ2n) is 18.7. The molecular weight excluding hydrogens is 1160 g/mol. The number of ether oxygens (including phenoxy) is 7. The number of carbonyl (C=O) groups is 3. The van der Waals surface area contributed by atoms with Gasteiger partial charge < -0.3 is 82.6 Å². The average Bonchev–Trinajstić information content (AvgIpc) is 3.95. The molecule has 25 nitrogen and oxygen atoms in total. The van der Waals surface area contributed by atoms with E-state index >= 15 is 0 Å². The number of alkyl carbamates (subject to hydrolysis) is 1. The fourth-order valence-corrected chi connectivity index (χ4v) is 11.3. The van der Waals surface area contributed by atoms with Crippen LogP contribution in [0.4, 0.5) is 16.7 Å². The highest BCUT2D eigenvalue weighted by Gasteiger charge is 2.49. The normalized spacial score (nSPS) is 18.2. The molecule has 0 bridgehead atoms. The first-order valence-electron chi connectivity index (χ1n) is 25.9. The largest absolute Gasteiger partial charge is 0.748 e. The van der Waals surface area contributed by atoms with Gasteiger partial charge in [-0.25, -0.2) is 13.2 Å². The van der Waals surface area contributed by atoms with Crippen LogP contribution in [0.25, 0.3) is 10.9 Å². The topological polar surface area (TPSA) is 316 Å². The number of aliphatic hydroxyl groups excluding tert-OH is 1. The van der Waals surface area contributed by atoms with E-state index in [2.05, 4.69) is 79.8 Å². The van der Waals surface area contributed by atoms with Crippen molar-refractivity contribution in [1.29, 1.82) is 0 Å². The van der Waals surface area contributed by atoms with Gasteiger partial charge in [-0.2, -0.15) is 15.0 Å². The number of hydroxylamine groups is 1. The summed E-state index contributed by atoms with van der Waals surface area (Å²) in [4.78, 5) is 59.1. The van der Waals surface area contributed by atoms with Gasteiger partial charge in [0, 0.05) is 63.8 Å². The number of carbonyl (C=O) groups excluding carboxylic acids is 2. The van der Waals surface area contributed by atoms with Crippen molar-refractivity contribution in [2.24, 2.45) is 17.8 Å². The molecule has 0 spiro atoms. The summed E-state index contributed by atoms with van der Waals surface area (Å²) in [7, 11) is -4.35. The number of carboxylic acids is 1. The Morgan fingerprint density at radius 2 is 1.56 bits per heavy atom. The van der Waals surface area contributed by atoms with Gasteiger partial charge in [0.05, 0.1) is 135 Å². The number of halogens is 2. The van der Waals surface area contributed by atoms with E-state index in [1.54, 1.807) is 6.20 Å². The van der Waals surface area contributed by atoms with Gasteiger partial charge >= 0.3 is 18.1 Å². The van der Waals surface area contributed by atoms with Gasteiger partial charge in [-0.05, 0) is 74.9 Å². The number of quaternary nitrogens is 1. The van der Waals surface area contributed by atoms with Crippen LogP contribution >= 0.6 is 31.9 Å². The highest BCUT2D eigenvalue weighted by Crippen LogP contribution is 2.52. The van der Waals surface area contributed by atoms with Crippen LogP contribution < -0.4 is 35.3 Å². The van der Waals surface area contributed by atoms with Crippen LogP contribution in [0.3, 0.4) is 0 Å². The number of nitrogens with one attached hydrogen (secondary N) is 4. The number of aldehydes is 1. The molecule has 2 aromatic heterocycles. The van der Waals surface area contributed by atoms with Crippen LogP contribution in [0.15, 0.2) is 21.2 Å². The number of amides is 1.